The van der Waals surface area contributed by atoms with Crippen LogP contribution in [0.2, 0.25) is 0 Å². The second-order valence-corrected chi connectivity index (χ2v) is 6.29. The maximum Gasteiger partial charge on any atom is 0.142 e. The van der Waals surface area contributed by atoms with Crippen LogP contribution in [0.5, 0.6) is 5.75 Å². The van der Waals surface area contributed by atoms with Crippen molar-refractivity contribution in [2.24, 2.45) is 0 Å². The molecule has 3 heteroatoms. The number of nitrogens with one attached hydrogen (secondary N) is 1. The highest BCUT2D eigenvalue weighted by Crippen LogP contribution is 2.34. The van der Waals surface area contributed by atoms with E-state index in [2.05, 4.69) is 42.3 Å². The summed E-state index contributed by atoms with van der Waals surface area (Å²) in [5.74, 6) is 1.02. The highest BCUT2D eigenvalue weighted by atomic mass is 16.5. The predicted molar refractivity (Wildman–Crippen MR) is 94.9 cm³/mol. The second-order valence-electron chi connectivity index (χ2n) is 6.29. The molecule has 1 aliphatic rings. The normalized spacial score (nSPS) is 18.5. The van der Waals surface area contributed by atoms with Gasteiger partial charge in [-0.1, -0.05) is 26.3 Å². The van der Waals surface area contributed by atoms with Gasteiger partial charge in [-0.15, -0.1) is 0 Å². The fraction of sp³-hybridized carbons (Fsp3) is 0.684. The molecule has 1 saturated heterocycles. The van der Waals surface area contributed by atoms with Gasteiger partial charge in [0.25, 0.3) is 0 Å². The largest absolute Gasteiger partial charge is 0.495 e. The van der Waals surface area contributed by atoms with Gasteiger partial charge in [-0.3, -0.25) is 0 Å². The van der Waals surface area contributed by atoms with Gasteiger partial charge in [0.1, 0.15) is 5.75 Å². The Morgan fingerprint density at radius 1 is 1.27 bits per heavy atom. The van der Waals surface area contributed by atoms with Gasteiger partial charge in [-0.25, -0.2) is 0 Å². The van der Waals surface area contributed by atoms with E-state index >= 15 is 0 Å². The Bertz CT molecular complexity index is 447. The first kappa shape index (κ1) is 17.1. The molecular weight excluding hydrogens is 272 g/mol. The van der Waals surface area contributed by atoms with E-state index in [-0.39, 0.29) is 0 Å². The minimum atomic E-state index is 0.663. The van der Waals surface area contributed by atoms with Crippen LogP contribution in [-0.2, 0) is 6.54 Å². The minimum absolute atomic E-state index is 0.663. The molecule has 1 heterocycles. The van der Waals surface area contributed by atoms with Crippen molar-refractivity contribution in [3.63, 3.8) is 0 Å². The van der Waals surface area contributed by atoms with Crippen molar-refractivity contribution >= 4 is 5.69 Å². The molecule has 1 atom stereocenters. The number of hydrogen-bond acceptors (Lipinski definition) is 3. The summed E-state index contributed by atoms with van der Waals surface area (Å²) >= 11 is 0. The van der Waals surface area contributed by atoms with Gasteiger partial charge in [0.2, 0.25) is 0 Å². The highest BCUT2D eigenvalue weighted by Gasteiger charge is 2.23. The molecule has 0 bridgehead atoms. The van der Waals surface area contributed by atoms with E-state index < -0.39 is 0 Å². The van der Waals surface area contributed by atoms with Crippen molar-refractivity contribution in [3.8, 4) is 5.75 Å². The molecule has 1 aliphatic heterocycles. The highest BCUT2D eigenvalue weighted by molar-refractivity contribution is 5.60. The average Bonchev–Trinajstić information content (AvgIpc) is 2.58. The molecule has 3 nitrogen and oxygen atoms in total. The van der Waals surface area contributed by atoms with Crippen LogP contribution >= 0.6 is 0 Å². The smallest absolute Gasteiger partial charge is 0.142 e. The first-order chi connectivity index (χ1) is 10.8. The van der Waals surface area contributed by atoms with E-state index in [1.54, 1.807) is 7.11 Å². The SMILES string of the molecule is CCCCNCc1ccc(N2CCCCC2CC)c(OC)c1. The molecule has 0 saturated carbocycles. The summed E-state index contributed by atoms with van der Waals surface area (Å²) in [6.45, 7) is 7.69. The van der Waals surface area contributed by atoms with Crippen LogP contribution in [0.25, 0.3) is 0 Å². The summed E-state index contributed by atoms with van der Waals surface area (Å²) < 4.78 is 5.69. The van der Waals surface area contributed by atoms with Gasteiger partial charge in [-0.2, -0.15) is 0 Å². The fourth-order valence-electron chi connectivity index (χ4n) is 3.35. The Morgan fingerprint density at radius 3 is 2.86 bits per heavy atom. The average molecular weight is 304 g/mol. The Balaban J connectivity index is 2.08. The number of benzene rings is 1. The van der Waals surface area contributed by atoms with Crippen LogP contribution in [0, 0.1) is 0 Å². The van der Waals surface area contributed by atoms with Gasteiger partial charge in [0, 0.05) is 19.1 Å². The summed E-state index contributed by atoms with van der Waals surface area (Å²) in [6, 6.07) is 7.37. The third-order valence-corrected chi connectivity index (χ3v) is 4.69. The van der Waals surface area contributed by atoms with E-state index in [9.17, 15) is 0 Å². The molecule has 124 valence electrons. The Kier molecular flexibility index (Phi) is 7.04. The van der Waals surface area contributed by atoms with Crippen LogP contribution in [0.3, 0.4) is 0 Å². The first-order valence-corrected chi connectivity index (χ1v) is 8.94. The number of anilines is 1. The number of piperidine rings is 1. The van der Waals surface area contributed by atoms with Crippen LogP contribution in [0.1, 0.15) is 57.9 Å². The zero-order chi connectivity index (χ0) is 15.8. The van der Waals surface area contributed by atoms with E-state index in [1.165, 1.54) is 49.8 Å². The monoisotopic (exact) mass is 304 g/mol. The predicted octanol–water partition coefficient (Wildman–Crippen LogP) is 4.35. The number of nitrogens with zero attached hydrogens (tertiary/aromatic N) is 1. The van der Waals surface area contributed by atoms with E-state index in [4.69, 9.17) is 4.74 Å². The van der Waals surface area contributed by atoms with Crippen molar-refractivity contribution in [1.29, 1.82) is 0 Å². The van der Waals surface area contributed by atoms with E-state index in [0.717, 1.165) is 25.4 Å². The molecule has 1 unspecified atom stereocenters. The number of ether oxygens (including phenoxy) is 1. The molecule has 1 fully saturated rings. The summed E-state index contributed by atoms with van der Waals surface area (Å²) in [5.41, 5.74) is 2.58. The van der Waals surface area contributed by atoms with Crippen LogP contribution in [0.4, 0.5) is 5.69 Å². The van der Waals surface area contributed by atoms with E-state index in [1.807, 2.05) is 0 Å². The Labute approximate surface area is 136 Å². The van der Waals surface area contributed by atoms with Gasteiger partial charge in [0.15, 0.2) is 0 Å². The molecule has 22 heavy (non-hydrogen) atoms. The minimum Gasteiger partial charge on any atom is -0.495 e. The van der Waals surface area contributed by atoms with Crippen molar-refractivity contribution in [2.45, 2.75) is 65.0 Å². The van der Waals surface area contributed by atoms with Gasteiger partial charge >= 0.3 is 0 Å². The summed E-state index contributed by atoms with van der Waals surface area (Å²) in [7, 11) is 1.79. The zero-order valence-electron chi connectivity index (χ0n) is 14.5. The number of rotatable bonds is 8. The lowest BCUT2D eigenvalue weighted by molar-refractivity contribution is 0.402. The molecule has 0 spiro atoms. The quantitative estimate of drug-likeness (QED) is 0.722. The summed E-state index contributed by atoms with van der Waals surface area (Å²) in [6.07, 6.45) is 7.64. The standard InChI is InChI=1S/C19H32N2O/c1-4-6-12-20-15-16-10-11-18(19(14-16)22-3)21-13-8-7-9-17(21)5-2/h10-11,14,17,20H,4-9,12-13,15H2,1-3H3. The maximum absolute atomic E-state index is 5.69. The zero-order valence-corrected chi connectivity index (χ0v) is 14.5. The molecule has 1 N–H and O–H groups in total. The third-order valence-electron chi connectivity index (χ3n) is 4.69. The molecular formula is C19H32N2O. The van der Waals surface area contributed by atoms with E-state index in [0.29, 0.717) is 6.04 Å². The molecule has 0 amide bonds. The topological polar surface area (TPSA) is 24.5 Å². The molecule has 2 rings (SSSR count). The second kappa shape index (κ2) is 9.04. The van der Waals surface area contributed by atoms with Crippen molar-refractivity contribution in [2.75, 3.05) is 25.1 Å². The first-order valence-electron chi connectivity index (χ1n) is 8.94. The van der Waals surface area contributed by atoms with Crippen LogP contribution < -0.4 is 15.0 Å². The number of unbranched alkanes of at least 4 members (excludes halogenated alkanes) is 1. The lowest BCUT2D eigenvalue weighted by Crippen LogP contribution is -2.39. The third kappa shape index (κ3) is 4.39. The lowest BCUT2D eigenvalue weighted by Gasteiger charge is -2.38. The van der Waals surface area contributed by atoms with Crippen molar-refractivity contribution in [1.82, 2.24) is 5.32 Å². The Hall–Kier alpha value is -1.22. The summed E-state index contributed by atoms with van der Waals surface area (Å²) in [5, 5.41) is 3.50. The molecule has 1 aromatic carbocycles. The lowest BCUT2D eigenvalue weighted by atomic mass is 9.98. The molecule has 0 aliphatic carbocycles. The molecule has 1 aromatic rings. The summed E-state index contributed by atoms with van der Waals surface area (Å²) in [4.78, 5) is 2.55. The molecule has 0 aromatic heterocycles. The number of methoxy groups -OCH3 is 1. The maximum atomic E-state index is 5.69. The van der Waals surface area contributed by atoms with Crippen LogP contribution in [-0.4, -0.2) is 26.2 Å². The van der Waals surface area contributed by atoms with Gasteiger partial charge < -0.3 is 15.0 Å². The fourth-order valence-corrected chi connectivity index (χ4v) is 3.35. The van der Waals surface area contributed by atoms with Crippen LogP contribution in [0.15, 0.2) is 18.2 Å². The van der Waals surface area contributed by atoms with Gasteiger partial charge in [0.05, 0.1) is 12.8 Å². The van der Waals surface area contributed by atoms with Crippen molar-refractivity contribution in [3.05, 3.63) is 23.8 Å². The Morgan fingerprint density at radius 2 is 2.14 bits per heavy atom. The van der Waals surface area contributed by atoms with Crippen molar-refractivity contribution < 1.29 is 4.74 Å². The molecule has 0 radical (unpaired) electrons. The number of hydrogen-bond donors (Lipinski definition) is 1. The van der Waals surface area contributed by atoms with Gasteiger partial charge in [-0.05, 0) is 56.3 Å².